The number of hydrogen-bond donors (Lipinski definition) is 1. The number of alkyl halides is 2. The van der Waals surface area contributed by atoms with Crippen LogP contribution in [0.5, 0.6) is 0 Å². The summed E-state index contributed by atoms with van der Waals surface area (Å²) in [6.45, 7) is 5.21. The number of hydrogen-bond acceptors (Lipinski definition) is 10. The van der Waals surface area contributed by atoms with Gasteiger partial charge in [0.05, 0.1) is 6.33 Å². The average Bonchev–Trinajstić information content (AvgIpc) is 3.64. The quantitative estimate of drug-likeness (QED) is 0.310. The Hall–Kier alpha value is -4.60. The van der Waals surface area contributed by atoms with Gasteiger partial charge in [0.2, 0.25) is 11.8 Å². The van der Waals surface area contributed by atoms with Crippen LogP contribution in [-0.2, 0) is 24.3 Å². The van der Waals surface area contributed by atoms with E-state index in [-0.39, 0.29) is 40.7 Å². The topological polar surface area (TPSA) is 156 Å². The molecule has 1 amide bonds. The minimum Gasteiger partial charge on any atom is -0.337 e. The third-order valence-corrected chi connectivity index (χ3v) is 7.17. The van der Waals surface area contributed by atoms with Crippen molar-refractivity contribution in [1.82, 2.24) is 38.8 Å². The molecular weight excluding hydrogens is 548 g/mol. The number of rotatable bonds is 7. The maximum absolute atomic E-state index is 14.0. The lowest BCUT2D eigenvalue weighted by atomic mass is 10.1. The number of thiazole rings is 1. The molecule has 0 saturated carbocycles. The van der Waals surface area contributed by atoms with E-state index in [1.165, 1.54) is 41.7 Å². The van der Waals surface area contributed by atoms with Gasteiger partial charge in [0.15, 0.2) is 17.0 Å². The highest BCUT2D eigenvalue weighted by atomic mass is 32.1. The predicted molar refractivity (Wildman–Crippen MR) is 140 cm³/mol. The molecule has 0 aliphatic heterocycles. The molecular formula is C24H23F2N9O4S. The van der Waals surface area contributed by atoms with Gasteiger partial charge in [-0.1, -0.05) is 5.16 Å². The Balaban J connectivity index is 1.43. The first-order valence-electron chi connectivity index (χ1n) is 11.9. The van der Waals surface area contributed by atoms with Crippen molar-refractivity contribution in [3.05, 3.63) is 67.8 Å². The van der Waals surface area contributed by atoms with Crippen LogP contribution >= 0.6 is 11.3 Å². The zero-order valence-corrected chi connectivity index (χ0v) is 22.8. The maximum atomic E-state index is 14.0. The van der Waals surface area contributed by atoms with Crippen LogP contribution < -0.4 is 16.6 Å². The van der Waals surface area contributed by atoms with Gasteiger partial charge in [-0.3, -0.25) is 19.1 Å². The predicted octanol–water partition coefficient (Wildman–Crippen LogP) is 2.77. The van der Waals surface area contributed by atoms with Crippen molar-refractivity contribution in [2.75, 3.05) is 5.32 Å². The zero-order valence-electron chi connectivity index (χ0n) is 22.0. The van der Waals surface area contributed by atoms with Crippen molar-refractivity contribution in [2.45, 2.75) is 46.2 Å². The second kappa shape index (κ2) is 9.86. The van der Waals surface area contributed by atoms with Crippen LogP contribution in [-0.4, -0.2) is 44.7 Å². The van der Waals surface area contributed by atoms with Gasteiger partial charge in [0, 0.05) is 42.4 Å². The first-order valence-corrected chi connectivity index (χ1v) is 12.8. The summed E-state index contributed by atoms with van der Waals surface area (Å²) in [7, 11) is 1.46. The van der Waals surface area contributed by atoms with E-state index in [1.807, 2.05) is 0 Å². The Morgan fingerprint density at radius 3 is 2.65 bits per heavy atom. The summed E-state index contributed by atoms with van der Waals surface area (Å²) in [5, 5.41) is 8.31. The standard InChI is InChI=1S/C24H23F2N9O4S/c1-11-15(24(4,25)26)6-14(7-27-11)21-31-16(9-40-21)30-20(36)12(2)35-10-28-19-18(35)22(37)34(23(38)33(19)5)8-17-29-13(3)32-39-17/h6-7,9-10,12H,8H2,1-5H3,(H,30,36)/t12-/m0/s1. The van der Waals surface area contributed by atoms with Crippen LogP contribution in [0.3, 0.4) is 0 Å². The third-order valence-electron chi connectivity index (χ3n) is 6.28. The number of carbonyl (C=O) groups is 1. The molecule has 0 aromatic carbocycles. The highest BCUT2D eigenvalue weighted by molar-refractivity contribution is 7.13. The minimum atomic E-state index is -3.07. The SMILES string of the molecule is Cc1noc(Cn2c(=O)c3c(ncn3[C@@H](C)C(=O)Nc3csc(-c4cnc(C)c(C(C)(F)F)c4)n3)n(C)c2=O)n1. The summed E-state index contributed by atoms with van der Waals surface area (Å²) in [6.07, 6.45) is 2.74. The number of anilines is 1. The summed E-state index contributed by atoms with van der Waals surface area (Å²) >= 11 is 1.15. The number of carbonyl (C=O) groups excluding carboxylic acids is 1. The highest BCUT2D eigenvalue weighted by Crippen LogP contribution is 2.33. The molecule has 13 nitrogen and oxygen atoms in total. The molecule has 5 aromatic heterocycles. The molecule has 0 fully saturated rings. The number of halogens is 2. The van der Waals surface area contributed by atoms with Crippen LogP contribution in [0.15, 0.2) is 38.1 Å². The number of nitrogens with zero attached hydrogens (tertiary/aromatic N) is 8. The van der Waals surface area contributed by atoms with E-state index >= 15 is 0 Å². The molecule has 0 spiro atoms. The van der Waals surface area contributed by atoms with Crippen molar-refractivity contribution in [3.63, 3.8) is 0 Å². The van der Waals surface area contributed by atoms with E-state index < -0.39 is 29.1 Å². The molecule has 0 saturated heterocycles. The van der Waals surface area contributed by atoms with Crippen LogP contribution in [0, 0.1) is 13.8 Å². The van der Waals surface area contributed by atoms with E-state index in [2.05, 4.69) is 30.4 Å². The van der Waals surface area contributed by atoms with E-state index in [0.717, 1.165) is 22.8 Å². The molecule has 5 rings (SSSR count). The van der Waals surface area contributed by atoms with Gasteiger partial charge in [0.1, 0.15) is 23.4 Å². The second-order valence-corrected chi connectivity index (χ2v) is 10.1. The number of aromatic nitrogens is 8. The lowest BCUT2D eigenvalue weighted by Crippen LogP contribution is -2.40. The summed E-state index contributed by atoms with van der Waals surface area (Å²) in [4.78, 5) is 56.0. The average molecular weight is 572 g/mol. The third kappa shape index (κ3) is 4.81. The summed E-state index contributed by atoms with van der Waals surface area (Å²) in [6, 6.07) is 0.392. The number of nitrogens with one attached hydrogen (secondary N) is 1. The van der Waals surface area contributed by atoms with Gasteiger partial charge in [-0.25, -0.2) is 28.1 Å². The van der Waals surface area contributed by atoms with Crippen molar-refractivity contribution in [1.29, 1.82) is 0 Å². The van der Waals surface area contributed by atoms with Gasteiger partial charge in [-0.15, -0.1) is 11.3 Å². The van der Waals surface area contributed by atoms with Crippen LogP contribution in [0.4, 0.5) is 14.6 Å². The fourth-order valence-corrected chi connectivity index (χ4v) is 4.91. The normalized spacial score (nSPS) is 12.7. The van der Waals surface area contributed by atoms with Crippen LogP contribution in [0.2, 0.25) is 0 Å². The number of pyridine rings is 1. The fourth-order valence-electron chi connectivity index (χ4n) is 4.18. The monoisotopic (exact) mass is 571 g/mol. The van der Waals surface area contributed by atoms with Crippen LogP contribution in [0.1, 0.15) is 42.9 Å². The molecule has 16 heteroatoms. The lowest BCUT2D eigenvalue weighted by molar-refractivity contribution is -0.118. The zero-order chi connectivity index (χ0) is 28.9. The van der Waals surface area contributed by atoms with E-state index in [0.29, 0.717) is 16.4 Å². The molecule has 5 aromatic rings. The van der Waals surface area contributed by atoms with E-state index in [4.69, 9.17) is 4.52 Å². The molecule has 5 heterocycles. The summed E-state index contributed by atoms with van der Waals surface area (Å²) < 4.78 is 36.4. The largest absolute Gasteiger partial charge is 0.337 e. The van der Waals surface area contributed by atoms with E-state index in [1.54, 1.807) is 19.2 Å². The summed E-state index contributed by atoms with van der Waals surface area (Å²) in [5.74, 6) is -2.97. The molecule has 208 valence electrons. The molecule has 1 atom stereocenters. The first kappa shape index (κ1) is 27.0. The summed E-state index contributed by atoms with van der Waals surface area (Å²) in [5.41, 5.74) is -0.804. The number of fused-ring (bicyclic) bond motifs is 1. The fraction of sp³-hybridized carbons (Fsp3) is 0.333. The van der Waals surface area contributed by atoms with Crippen LogP contribution in [0.25, 0.3) is 21.7 Å². The lowest BCUT2D eigenvalue weighted by Gasteiger charge is -2.14. The van der Waals surface area contributed by atoms with Gasteiger partial charge < -0.3 is 14.4 Å². The van der Waals surface area contributed by atoms with Crippen molar-refractivity contribution >= 4 is 34.2 Å². The Morgan fingerprint density at radius 1 is 1.23 bits per heavy atom. The molecule has 0 unspecified atom stereocenters. The van der Waals surface area contributed by atoms with E-state index in [9.17, 15) is 23.2 Å². The highest BCUT2D eigenvalue weighted by Gasteiger charge is 2.28. The van der Waals surface area contributed by atoms with Gasteiger partial charge >= 0.3 is 5.69 Å². The van der Waals surface area contributed by atoms with Gasteiger partial charge in [-0.05, 0) is 26.8 Å². The molecule has 0 bridgehead atoms. The smallest absolute Gasteiger partial charge is 0.332 e. The Bertz CT molecular complexity index is 1880. The van der Waals surface area contributed by atoms with Gasteiger partial charge in [-0.2, -0.15) is 4.98 Å². The molecule has 0 aliphatic carbocycles. The van der Waals surface area contributed by atoms with Crippen molar-refractivity contribution < 1.29 is 18.1 Å². The Labute approximate surface area is 228 Å². The first-order chi connectivity index (χ1) is 18.8. The maximum Gasteiger partial charge on any atom is 0.332 e. The molecule has 0 aliphatic rings. The van der Waals surface area contributed by atoms with Gasteiger partial charge in [0.25, 0.3) is 11.5 Å². The molecule has 40 heavy (non-hydrogen) atoms. The Kier molecular flexibility index (Phi) is 6.65. The Morgan fingerprint density at radius 2 is 1.98 bits per heavy atom. The number of imidazole rings is 1. The van der Waals surface area contributed by atoms with Crippen molar-refractivity contribution in [2.24, 2.45) is 7.05 Å². The number of aryl methyl sites for hydroxylation is 3. The molecule has 1 N–H and O–H groups in total. The van der Waals surface area contributed by atoms with Crippen molar-refractivity contribution in [3.8, 4) is 10.6 Å². The minimum absolute atomic E-state index is 0.0266. The number of amides is 1. The molecule has 0 radical (unpaired) electrons. The second-order valence-electron chi connectivity index (χ2n) is 9.24.